The zero-order chi connectivity index (χ0) is 19.8. The molecule has 0 spiro atoms. The van der Waals surface area contributed by atoms with Crippen molar-refractivity contribution in [3.05, 3.63) is 100 Å². The van der Waals surface area contributed by atoms with Gasteiger partial charge in [0.2, 0.25) is 0 Å². The zero-order valence-corrected chi connectivity index (χ0v) is 16.1. The molecular formula is C25H24F2O. The SMILES string of the molecule is CC(C)c1ccc([C@@H]2c3ccc(O)c(F)c3CC[C@@H]2c2ccc(F)cc2)cc1. The molecule has 4 rings (SSSR count). The van der Waals surface area contributed by atoms with Crippen molar-refractivity contribution in [2.45, 2.75) is 44.4 Å². The number of benzene rings is 3. The molecule has 1 aliphatic rings. The fourth-order valence-electron chi connectivity index (χ4n) is 4.42. The number of halogens is 2. The summed E-state index contributed by atoms with van der Waals surface area (Å²) in [6, 6.07) is 18.4. The Kier molecular flexibility index (Phi) is 4.92. The predicted molar refractivity (Wildman–Crippen MR) is 108 cm³/mol. The highest BCUT2D eigenvalue weighted by Gasteiger charge is 2.34. The van der Waals surface area contributed by atoms with E-state index in [1.165, 1.54) is 23.8 Å². The van der Waals surface area contributed by atoms with Gasteiger partial charge in [-0.2, -0.15) is 0 Å². The van der Waals surface area contributed by atoms with Crippen LogP contribution in [0.25, 0.3) is 0 Å². The third-order valence-electron chi connectivity index (χ3n) is 5.96. The average Bonchev–Trinajstić information content (AvgIpc) is 2.71. The van der Waals surface area contributed by atoms with E-state index in [0.717, 1.165) is 23.1 Å². The van der Waals surface area contributed by atoms with Crippen LogP contribution in [-0.2, 0) is 6.42 Å². The van der Waals surface area contributed by atoms with Crippen LogP contribution >= 0.6 is 0 Å². The minimum Gasteiger partial charge on any atom is -0.505 e. The van der Waals surface area contributed by atoms with Crippen molar-refractivity contribution in [1.29, 1.82) is 0 Å². The van der Waals surface area contributed by atoms with Crippen LogP contribution < -0.4 is 0 Å². The summed E-state index contributed by atoms with van der Waals surface area (Å²) in [4.78, 5) is 0. The van der Waals surface area contributed by atoms with Crippen LogP contribution in [0.4, 0.5) is 8.78 Å². The molecule has 0 aromatic heterocycles. The Labute approximate surface area is 164 Å². The van der Waals surface area contributed by atoms with E-state index in [0.29, 0.717) is 17.9 Å². The lowest BCUT2D eigenvalue weighted by molar-refractivity contribution is 0.418. The van der Waals surface area contributed by atoms with Crippen molar-refractivity contribution in [2.75, 3.05) is 0 Å². The second-order valence-corrected chi connectivity index (χ2v) is 7.96. The van der Waals surface area contributed by atoms with E-state index in [2.05, 4.69) is 38.1 Å². The second-order valence-electron chi connectivity index (χ2n) is 7.96. The summed E-state index contributed by atoms with van der Waals surface area (Å²) in [6.07, 6.45) is 1.30. The van der Waals surface area contributed by atoms with Gasteiger partial charge in [-0.3, -0.25) is 0 Å². The quantitative estimate of drug-likeness (QED) is 0.540. The molecule has 0 aliphatic heterocycles. The first-order valence-corrected chi connectivity index (χ1v) is 9.81. The van der Waals surface area contributed by atoms with Crippen LogP contribution in [0, 0.1) is 11.6 Å². The molecule has 3 heteroatoms. The first kappa shape index (κ1) is 18.7. The molecule has 28 heavy (non-hydrogen) atoms. The Morgan fingerprint density at radius 1 is 0.857 bits per heavy atom. The van der Waals surface area contributed by atoms with Crippen LogP contribution in [0.5, 0.6) is 5.75 Å². The lowest BCUT2D eigenvalue weighted by atomic mass is 9.69. The predicted octanol–water partition coefficient (Wildman–Crippen LogP) is 6.66. The summed E-state index contributed by atoms with van der Waals surface area (Å²) >= 11 is 0. The molecule has 3 aromatic rings. The van der Waals surface area contributed by atoms with Crippen LogP contribution in [0.1, 0.15) is 65.8 Å². The van der Waals surface area contributed by atoms with Crippen molar-refractivity contribution < 1.29 is 13.9 Å². The number of phenols is 1. The van der Waals surface area contributed by atoms with Crippen molar-refractivity contribution >= 4 is 0 Å². The lowest BCUT2D eigenvalue weighted by Crippen LogP contribution is -2.21. The largest absolute Gasteiger partial charge is 0.505 e. The first-order chi connectivity index (χ1) is 13.5. The van der Waals surface area contributed by atoms with E-state index in [4.69, 9.17) is 0 Å². The van der Waals surface area contributed by atoms with Gasteiger partial charge in [0.25, 0.3) is 0 Å². The van der Waals surface area contributed by atoms with Gasteiger partial charge in [0.05, 0.1) is 0 Å². The van der Waals surface area contributed by atoms with Gasteiger partial charge in [0.15, 0.2) is 11.6 Å². The van der Waals surface area contributed by atoms with Gasteiger partial charge in [-0.15, -0.1) is 0 Å². The maximum atomic E-state index is 14.6. The lowest BCUT2D eigenvalue weighted by Gasteiger charge is -2.35. The van der Waals surface area contributed by atoms with Gasteiger partial charge in [-0.05, 0) is 70.7 Å². The fraction of sp³-hybridized carbons (Fsp3) is 0.280. The highest BCUT2D eigenvalue weighted by Crippen LogP contribution is 2.47. The smallest absolute Gasteiger partial charge is 0.168 e. The minimum absolute atomic E-state index is 0.0366. The van der Waals surface area contributed by atoms with Crippen molar-refractivity contribution in [1.82, 2.24) is 0 Å². The maximum Gasteiger partial charge on any atom is 0.168 e. The third kappa shape index (κ3) is 3.30. The van der Waals surface area contributed by atoms with Crippen LogP contribution in [0.2, 0.25) is 0 Å². The summed E-state index contributed by atoms with van der Waals surface area (Å²) in [6.45, 7) is 4.31. The summed E-state index contributed by atoms with van der Waals surface area (Å²) in [5, 5.41) is 9.83. The van der Waals surface area contributed by atoms with Gasteiger partial charge < -0.3 is 5.11 Å². The van der Waals surface area contributed by atoms with Gasteiger partial charge in [-0.1, -0.05) is 56.3 Å². The fourth-order valence-corrected chi connectivity index (χ4v) is 4.42. The highest BCUT2D eigenvalue weighted by molar-refractivity contribution is 5.48. The van der Waals surface area contributed by atoms with E-state index in [-0.39, 0.29) is 23.4 Å². The maximum absolute atomic E-state index is 14.6. The molecule has 0 bridgehead atoms. The van der Waals surface area contributed by atoms with Crippen LogP contribution in [0.3, 0.4) is 0 Å². The molecule has 1 N–H and O–H groups in total. The van der Waals surface area contributed by atoms with E-state index >= 15 is 0 Å². The number of hydrogen-bond acceptors (Lipinski definition) is 1. The monoisotopic (exact) mass is 378 g/mol. The third-order valence-corrected chi connectivity index (χ3v) is 5.96. The van der Waals surface area contributed by atoms with Crippen LogP contribution in [0.15, 0.2) is 60.7 Å². The molecule has 0 fully saturated rings. The van der Waals surface area contributed by atoms with Crippen molar-refractivity contribution in [3.63, 3.8) is 0 Å². The van der Waals surface area contributed by atoms with E-state index in [9.17, 15) is 13.9 Å². The van der Waals surface area contributed by atoms with E-state index < -0.39 is 5.82 Å². The molecule has 0 radical (unpaired) electrons. The van der Waals surface area contributed by atoms with E-state index in [1.807, 2.05) is 18.2 Å². The van der Waals surface area contributed by atoms with Crippen LogP contribution in [-0.4, -0.2) is 5.11 Å². The molecule has 0 saturated carbocycles. The van der Waals surface area contributed by atoms with Crippen molar-refractivity contribution in [2.24, 2.45) is 0 Å². The second kappa shape index (κ2) is 7.38. The number of aromatic hydroxyl groups is 1. The number of rotatable bonds is 3. The average molecular weight is 378 g/mol. The molecule has 0 amide bonds. The van der Waals surface area contributed by atoms with Gasteiger partial charge in [-0.25, -0.2) is 8.78 Å². The molecule has 1 nitrogen and oxygen atoms in total. The summed E-state index contributed by atoms with van der Waals surface area (Å²) in [5.41, 5.74) is 4.93. The Balaban J connectivity index is 1.85. The Morgan fingerprint density at radius 3 is 2.14 bits per heavy atom. The van der Waals surface area contributed by atoms with Gasteiger partial charge in [0.1, 0.15) is 5.82 Å². The molecule has 2 atom stereocenters. The summed E-state index contributed by atoms with van der Waals surface area (Å²) < 4.78 is 28.1. The molecule has 0 unspecified atom stereocenters. The number of phenolic OH excluding ortho intramolecular Hbond substituents is 1. The Morgan fingerprint density at radius 2 is 1.50 bits per heavy atom. The van der Waals surface area contributed by atoms with Gasteiger partial charge >= 0.3 is 0 Å². The number of fused-ring (bicyclic) bond motifs is 1. The molecular weight excluding hydrogens is 354 g/mol. The summed E-state index contributed by atoms with van der Waals surface area (Å²) in [7, 11) is 0. The Hall–Kier alpha value is -2.68. The normalized spacial score (nSPS) is 18.9. The summed E-state index contributed by atoms with van der Waals surface area (Å²) in [5.74, 6) is -0.539. The standard InChI is InChI=1S/C25H24F2O/c1-15(2)16-3-5-18(6-4-16)24-20(17-7-9-19(26)10-8-17)11-12-22-21(24)13-14-23(28)25(22)27/h3-10,13-15,20,24,28H,11-12H2,1-2H3/t20-,24+/m1/s1. The van der Waals surface area contributed by atoms with Gasteiger partial charge in [0, 0.05) is 5.92 Å². The highest BCUT2D eigenvalue weighted by atomic mass is 19.1. The molecule has 0 saturated heterocycles. The van der Waals surface area contributed by atoms with Crippen molar-refractivity contribution in [3.8, 4) is 5.75 Å². The minimum atomic E-state index is -0.515. The topological polar surface area (TPSA) is 20.2 Å². The zero-order valence-electron chi connectivity index (χ0n) is 16.1. The molecule has 0 heterocycles. The first-order valence-electron chi connectivity index (χ1n) is 9.81. The number of hydrogen-bond donors (Lipinski definition) is 1. The Bertz CT molecular complexity index is 975. The molecule has 1 aliphatic carbocycles. The van der Waals surface area contributed by atoms with E-state index in [1.54, 1.807) is 0 Å². The molecule has 3 aromatic carbocycles. The molecule has 144 valence electrons.